The zero-order valence-corrected chi connectivity index (χ0v) is 11.5. The van der Waals surface area contributed by atoms with Crippen LogP contribution in [0.1, 0.15) is 5.69 Å². The summed E-state index contributed by atoms with van der Waals surface area (Å²) < 4.78 is 33.3. The molecule has 0 unspecified atom stereocenters. The van der Waals surface area contributed by atoms with Gasteiger partial charge in [-0.15, -0.1) is 11.3 Å². The second-order valence-electron chi connectivity index (χ2n) is 3.74. The maximum atomic E-state index is 11.7. The summed E-state index contributed by atoms with van der Waals surface area (Å²) in [5, 5.41) is 5.70. The number of aromatic nitrogens is 1. The van der Waals surface area contributed by atoms with Crippen molar-refractivity contribution in [2.24, 2.45) is 0 Å². The molecule has 18 heavy (non-hydrogen) atoms. The van der Waals surface area contributed by atoms with Gasteiger partial charge in [0.05, 0.1) is 28.7 Å². The van der Waals surface area contributed by atoms with Crippen molar-refractivity contribution < 1.29 is 17.7 Å². The molecule has 7 heteroatoms. The van der Waals surface area contributed by atoms with Gasteiger partial charge in [-0.05, 0) is 11.4 Å². The van der Waals surface area contributed by atoms with E-state index in [1.165, 1.54) is 18.4 Å². The Morgan fingerprint density at radius 2 is 2.33 bits per heavy atom. The molecule has 0 saturated carbocycles. The zero-order chi connectivity index (χ0) is 13.0. The number of rotatable bonds is 6. The molecular formula is C11H13NO4S2. The van der Waals surface area contributed by atoms with Crippen LogP contribution in [0.4, 0.5) is 0 Å². The number of hydrogen-bond donors (Lipinski definition) is 0. The Kier molecular flexibility index (Phi) is 4.15. The molecule has 2 aromatic heterocycles. The van der Waals surface area contributed by atoms with Gasteiger partial charge in [0.15, 0.2) is 15.6 Å². The largest absolute Gasteiger partial charge is 0.384 e. The summed E-state index contributed by atoms with van der Waals surface area (Å²) in [6.07, 6.45) is 0. The summed E-state index contributed by atoms with van der Waals surface area (Å²) >= 11 is 1.52. The zero-order valence-electron chi connectivity index (χ0n) is 9.83. The van der Waals surface area contributed by atoms with Crippen molar-refractivity contribution in [3.63, 3.8) is 0 Å². The first-order valence-corrected chi connectivity index (χ1v) is 8.00. The van der Waals surface area contributed by atoms with Gasteiger partial charge in [0, 0.05) is 13.2 Å². The lowest BCUT2D eigenvalue weighted by Gasteiger charge is -1.99. The molecule has 0 fully saturated rings. The molecule has 0 aliphatic heterocycles. The van der Waals surface area contributed by atoms with E-state index < -0.39 is 9.84 Å². The summed E-state index contributed by atoms with van der Waals surface area (Å²) in [6, 6.07) is 5.46. The number of sulfone groups is 1. The fraction of sp³-hybridized carbons (Fsp3) is 0.364. The van der Waals surface area contributed by atoms with E-state index in [0.717, 1.165) is 4.88 Å². The smallest absolute Gasteiger partial charge is 0.177 e. The molecule has 5 nitrogen and oxygen atoms in total. The van der Waals surface area contributed by atoms with Crippen molar-refractivity contribution in [3.05, 3.63) is 29.3 Å². The minimum atomic E-state index is -3.20. The number of nitrogens with zero attached hydrogens (tertiary/aromatic N) is 1. The third-order valence-corrected chi connectivity index (χ3v) is 4.70. The van der Waals surface area contributed by atoms with Crippen LogP contribution in [0.15, 0.2) is 28.1 Å². The third kappa shape index (κ3) is 3.41. The molecule has 0 amide bonds. The maximum Gasteiger partial charge on any atom is 0.177 e. The van der Waals surface area contributed by atoms with Gasteiger partial charge in [-0.25, -0.2) is 8.42 Å². The maximum absolute atomic E-state index is 11.7. The topological polar surface area (TPSA) is 69.4 Å². The van der Waals surface area contributed by atoms with Crippen LogP contribution in [0.2, 0.25) is 0 Å². The van der Waals surface area contributed by atoms with Crippen LogP contribution in [0.5, 0.6) is 0 Å². The summed E-state index contributed by atoms with van der Waals surface area (Å²) in [5.74, 6) is 0.470. The number of hydrogen-bond acceptors (Lipinski definition) is 6. The minimum Gasteiger partial charge on any atom is -0.384 e. The summed E-state index contributed by atoms with van der Waals surface area (Å²) in [4.78, 5) is 0.933. The Labute approximate surface area is 109 Å². The highest BCUT2D eigenvalue weighted by Crippen LogP contribution is 2.25. The fourth-order valence-electron chi connectivity index (χ4n) is 1.42. The first-order chi connectivity index (χ1) is 8.61. The van der Waals surface area contributed by atoms with Crippen molar-refractivity contribution in [2.45, 2.75) is 5.75 Å². The first-order valence-electron chi connectivity index (χ1n) is 5.29. The van der Waals surface area contributed by atoms with E-state index in [0.29, 0.717) is 11.5 Å². The van der Waals surface area contributed by atoms with Crippen molar-refractivity contribution in [3.8, 4) is 10.6 Å². The number of methoxy groups -OCH3 is 1. The molecular weight excluding hydrogens is 274 g/mol. The number of ether oxygens (including phenoxy) is 1. The van der Waals surface area contributed by atoms with Gasteiger partial charge in [0.2, 0.25) is 0 Å². The van der Waals surface area contributed by atoms with Crippen LogP contribution in [0, 0.1) is 0 Å². The van der Waals surface area contributed by atoms with Gasteiger partial charge in [-0.2, -0.15) is 0 Å². The first kappa shape index (κ1) is 13.3. The van der Waals surface area contributed by atoms with E-state index in [1.54, 1.807) is 6.07 Å². The predicted molar refractivity (Wildman–Crippen MR) is 69.2 cm³/mol. The molecule has 0 spiro atoms. The van der Waals surface area contributed by atoms with Gasteiger partial charge in [0.1, 0.15) is 0 Å². The minimum absolute atomic E-state index is 0.00923. The second kappa shape index (κ2) is 5.64. The third-order valence-electron chi connectivity index (χ3n) is 2.29. The van der Waals surface area contributed by atoms with Crippen molar-refractivity contribution in [1.29, 1.82) is 0 Å². The molecule has 2 heterocycles. The molecule has 0 N–H and O–H groups in total. The highest BCUT2D eigenvalue weighted by Gasteiger charge is 2.16. The Balaban J connectivity index is 2.07. The summed E-state index contributed by atoms with van der Waals surface area (Å²) in [6.45, 7) is 0.192. The Morgan fingerprint density at radius 3 is 3.00 bits per heavy atom. The van der Waals surface area contributed by atoms with E-state index in [4.69, 9.17) is 9.26 Å². The molecule has 0 bridgehead atoms. The summed E-state index contributed by atoms with van der Waals surface area (Å²) in [7, 11) is -1.72. The molecule has 98 valence electrons. The van der Waals surface area contributed by atoms with Gasteiger partial charge in [-0.3, -0.25) is 0 Å². The van der Waals surface area contributed by atoms with Gasteiger partial charge in [-0.1, -0.05) is 11.2 Å². The lowest BCUT2D eigenvalue weighted by molar-refractivity contribution is 0.217. The second-order valence-corrected chi connectivity index (χ2v) is 6.88. The number of thiophene rings is 1. The molecule has 2 rings (SSSR count). The molecule has 2 aromatic rings. The van der Waals surface area contributed by atoms with Crippen LogP contribution in [0.3, 0.4) is 0 Å². The molecule has 0 aliphatic rings. The Hall–Kier alpha value is -1.18. The van der Waals surface area contributed by atoms with Crippen LogP contribution in [0.25, 0.3) is 10.6 Å². The van der Waals surface area contributed by atoms with Crippen LogP contribution < -0.4 is 0 Å². The SMILES string of the molecule is COCCS(=O)(=O)Cc1cc(-c2cccs2)on1. The van der Waals surface area contributed by atoms with Crippen LogP contribution in [-0.4, -0.2) is 33.0 Å². The highest BCUT2D eigenvalue weighted by molar-refractivity contribution is 7.90. The Bertz CT molecular complexity index is 586. The van der Waals surface area contributed by atoms with Crippen molar-refractivity contribution in [1.82, 2.24) is 5.16 Å². The van der Waals surface area contributed by atoms with E-state index >= 15 is 0 Å². The van der Waals surface area contributed by atoms with Gasteiger partial charge >= 0.3 is 0 Å². The van der Waals surface area contributed by atoms with Crippen LogP contribution in [-0.2, 0) is 20.3 Å². The molecule has 0 saturated heterocycles. The Morgan fingerprint density at radius 1 is 1.50 bits per heavy atom. The quantitative estimate of drug-likeness (QED) is 0.812. The predicted octanol–water partition coefficient (Wildman–Crippen LogP) is 1.96. The molecule has 0 aromatic carbocycles. The normalized spacial score (nSPS) is 11.8. The lowest BCUT2D eigenvalue weighted by Crippen LogP contribution is -2.13. The highest BCUT2D eigenvalue weighted by atomic mass is 32.2. The van der Waals surface area contributed by atoms with E-state index in [1.807, 2.05) is 17.5 Å². The van der Waals surface area contributed by atoms with E-state index in [2.05, 4.69) is 5.16 Å². The standard InChI is InChI=1S/C11H13NO4S2/c1-15-4-6-18(13,14)8-9-7-10(16-12-9)11-3-2-5-17-11/h2-3,5,7H,4,6,8H2,1H3. The lowest BCUT2D eigenvalue weighted by atomic mass is 10.3. The van der Waals surface area contributed by atoms with Crippen LogP contribution >= 0.6 is 11.3 Å². The van der Waals surface area contributed by atoms with Crippen molar-refractivity contribution >= 4 is 21.2 Å². The summed E-state index contributed by atoms with van der Waals surface area (Å²) in [5.41, 5.74) is 0.425. The molecule has 0 radical (unpaired) electrons. The average Bonchev–Trinajstić information content (AvgIpc) is 2.95. The fourth-order valence-corrected chi connectivity index (χ4v) is 3.25. The van der Waals surface area contributed by atoms with Gasteiger partial charge in [0.25, 0.3) is 0 Å². The molecule has 0 aliphatic carbocycles. The monoisotopic (exact) mass is 287 g/mol. The van der Waals surface area contributed by atoms with Gasteiger partial charge < -0.3 is 9.26 Å². The van der Waals surface area contributed by atoms with Crippen molar-refractivity contribution in [2.75, 3.05) is 19.5 Å². The average molecular weight is 287 g/mol. The van der Waals surface area contributed by atoms with E-state index in [9.17, 15) is 8.42 Å². The molecule has 0 atom stereocenters. The van der Waals surface area contributed by atoms with E-state index in [-0.39, 0.29) is 18.1 Å².